The van der Waals surface area contributed by atoms with E-state index in [4.69, 9.17) is 5.26 Å². The van der Waals surface area contributed by atoms with Gasteiger partial charge in [0.15, 0.2) is 0 Å². The van der Waals surface area contributed by atoms with Gasteiger partial charge in [0.1, 0.15) is 0 Å². The number of anilines is 1. The zero-order chi connectivity index (χ0) is 13.1. The van der Waals surface area contributed by atoms with Gasteiger partial charge in [-0.3, -0.25) is 0 Å². The Balaban J connectivity index is 2.01. The lowest BCUT2D eigenvalue weighted by Crippen LogP contribution is -2.18. The van der Waals surface area contributed by atoms with Gasteiger partial charge in [-0.05, 0) is 36.6 Å². The Labute approximate surface area is 113 Å². The summed E-state index contributed by atoms with van der Waals surface area (Å²) in [6, 6.07) is 18.5. The van der Waals surface area contributed by atoms with Crippen LogP contribution in [0.4, 0.5) is 5.69 Å². The van der Waals surface area contributed by atoms with Crippen LogP contribution in [0.5, 0.6) is 0 Å². The van der Waals surface area contributed by atoms with E-state index in [0.29, 0.717) is 5.56 Å². The van der Waals surface area contributed by atoms with Crippen LogP contribution in [-0.4, -0.2) is 13.1 Å². The first-order valence-electron chi connectivity index (χ1n) is 6.73. The fraction of sp³-hybridized carbons (Fsp3) is 0.235. The minimum Gasteiger partial charge on any atom is -0.371 e. The summed E-state index contributed by atoms with van der Waals surface area (Å²) in [5.41, 5.74) is 4.46. The van der Waals surface area contributed by atoms with Gasteiger partial charge in [0, 0.05) is 24.3 Å². The quantitative estimate of drug-likeness (QED) is 0.807. The maximum Gasteiger partial charge on any atom is 0.0991 e. The molecule has 94 valence electrons. The molecule has 1 saturated heterocycles. The Morgan fingerprint density at radius 1 is 0.895 bits per heavy atom. The van der Waals surface area contributed by atoms with E-state index < -0.39 is 0 Å². The molecule has 0 atom stereocenters. The maximum atomic E-state index is 8.87. The van der Waals surface area contributed by atoms with E-state index in [1.165, 1.54) is 29.7 Å². The van der Waals surface area contributed by atoms with Gasteiger partial charge in [-0.25, -0.2) is 0 Å². The van der Waals surface area contributed by atoms with E-state index >= 15 is 0 Å². The third-order valence-corrected chi connectivity index (χ3v) is 3.68. The van der Waals surface area contributed by atoms with E-state index in [2.05, 4.69) is 35.2 Å². The summed E-state index contributed by atoms with van der Waals surface area (Å²) < 4.78 is 0. The van der Waals surface area contributed by atoms with Crippen molar-refractivity contribution >= 4 is 5.69 Å². The highest BCUT2D eigenvalue weighted by atomic mass is 15.1. The fourth-order valence-corrected chi connectivity index (χ4v) is 2.68. The lowest BCUT2D eigenvalue weighted by atomic mass is 10.0. The summed E-state index contributed by atoms with van der Waals surface area (Å²) >= 11 is 0. The second-order valence-electron chi connectivity index (χ2n) is 4.90. The van der Waals surface area contributed by atoms with Crippen LogP contribution in [0.1, 0.15) is 18.4 Å². The first kappa shape index (κ1) is 11.8. The molecule has 2 aromatic carbocycles. The molecule has 2 heteroatoms. The molecule has 1 fully saturated rings. The third-order valence-electron chi connectivity index (χ3n) is 3.68. The molecule has 0 radical (unpaired) electrons. The molecule has 3 rings (SSSR count). The zero-order valence-electron chi connectivity index (χ0n) is 10.8. The van der Waals surface area contributed by atoms with Crippen molar-refractivity contribution in [1.29, 1.82) is 5.26 Å². The van der Waals surface area contributed by atoms with Crippen LogP contribution in [0.3, 0.4) is 0 Å². The Hall–Kier alpha value is -2.27. The maximum absolute atomic E-state index is 8.87. The highest BCUT2D eigenvalue weighted by Crippen LogP contribution is 2.32. The van der Waals surface area contributed by atoms with Crippen molar-refractivity contribution in [2.75, 3.05) is 18.0 Å². The predicted molar refractivity (Wildman–Crippen MR) is 78.0 cm³/mol. The molecule has 19 heavy (non-hydrogen) atoms. The number of nitrogens with zero attached hydrogens (tertiary/aromatic N) is 2. The molecule has 0 saturated carbocycles. The summed E-state index contributed by atoms with van der Waals surface area (Å²) in [5, 5.41) is 8.87. The van der Waals surface area contributed by atoms with E-state index in [-0.39, 0.29) is 0 Å². The summed E-state index contributed by atoms with van der Waals surface area (Å²) in [6.07, 6.45) is 2.56. The smallest absolute Gasteiger partial charge is 0.0991 e. The van der Waals surface area contributed by atoms with Gasteiger partial charge in [-0.1, -0.05) is 30.3 Å². The molecule has 1 heterocycles. The molecule has 0 unspecified atom stereocenters. The van der Waals surface area contributed by atoms with Gasteiger partial charge in [0.05, 0.1) is 11.6 Å². The Kier molecular flexibility index (Phi) is 3.20. The van der Waals surface area contributed by atoms with Crippen LogP contribution in [0, 0.1) is 11.3 Å². The molecule has 1 aliphatic heterocycles. The number of nitriles is 1. The number of rotatable bonds is 2. The minimum absolute atomic E-state index is 0.711. The normalized spacial score (nSPS) is 14.4. The molecule has 0 N–H and O–H groups in total. The lowest BCUT2D eigenvalue weighted by molar-refractivity contribution is 0.949. The van der Waals surface area contributed by atoms with Gasteiger partial charge in [0.2, 0.25) is 0 Å². The Morgan fingerprint density at radius 2 is 1.58 bits per heavy atom. The number of hydrogen-bond acceptors (Lipinski definition) is 2. The molecule has 0 amide bonds. The molecule has 2 aromatic rings. The summed E-state index contributed by atoms with van der Waals surface area (Å²) in [4.78, 5) is 2.45. The molecule has 1 aliphatic rings. The average molecular weight is 248 g/mol. The van der Waals surface area contributed by atoms with Crippen LogP contribution < -0.4 is 4.90 Å². The first-order valence-corrected chi connectivity index (χ1v) is 6.73. The van der Waals surface area contributed by atoms with Crippen molar-refractivity contribution in [3.63, 3.8) is 0 Å². The van der Waals surface area contributed by atoms with Gasteiger partial charge in [0.25, 0.3) is 0 Å². The van der Waals surface area contributed by atoms with Crippen LogP contribution >= 0.6 is 0 Å². The van der Waals surface area contributed by atoms with Crippen molar-refractivity contribution in [2.45, 2.75) is 12.8 Å². The molecule has 0 aromatic heterocycles. The highest BCUT2D eigenvalue weighted by Gasteiger charge is 2.15. The van der Waals surface area contributed by atoms with E-state index in [1.54, 1.807) is 0 Å². The minimum atomic E-state index is 0.711. The molecule has 0 spiro atoms. The van der Waals surface area contributed by atoms with Gasteiger partial charge in [-0.15, -0.1) is 0 Å². The van der Waals surface area contributed by atoms with Crippen molar-refractivity contribution in [3.8, 4) is 17.2 Å². The second-order valence-corrected chi connectivity index (χ2v) is 4.90. The molecular weight excluding hydrogens is 232 g/mol. The monoisotopic (exact) mass is 248 g/mol. The van der Waals surface area contributed by atoms with Crippen LogP contribution in [0.15, 0.2) is 48.5 Å². The van der Waals surface area contributed by atoms with Crippen LogP contribution in [-0.2, 0) is 0 Å². The standard InChI is InChI=1S/C17H16N2/c18-13-14-7-9-15(10-8-14)16-5-1-2-6-17(16)19-11-3-4-12-19/h1-2,5-10H,3-4,11-12H2. The van der Waals surface area contributed by atoms with Crippen LogP contribution in [0.2, 0.25) is 0 Å². The molecular formula is C17H16N2. The van der Waals surface area contributed by atoms with Crippen LogP contribution in [0.25, 0.3) is 11.1 Å². The highest BCUT2D eigenvalue weighted by molar-refractivity contribution is 5.79. The zero-order valence-corrected chi connectivity index (χ0v) is 10.8. The summed E-state index contributed by atoms with van der Waals surface area (Å²) in [6.45, 7) is 2.29. The molecule has 0 bridgehead atoms. The van der Waals surface area contributed by atoms with Crippen molar-refractivity contribution in [1.82, 2.24) is 0 Å². The predicted octanol–water partition coefficient (Wildman–Crippen LogP) is 3.83. The number of hydrogen-bond donors (Lipinski definition) is 0. The SMILES string of the molecule is N#Cc1ccc(-c2ccccc2N2CCCC2)cc1. The molecule has 2 nitrogen and oxygen atoms in total. The number of para-hydroxylation sites is 1. The summed E-state index contributed by atoms with van der Waals surface area (Å²) in [5.74, 6) is 0. The van der Waals surface area contributed by atoms with Crippen molar-refractivity contribution in [3.05, 3.63) is 54.1 Å². The lowest BCUT2D eigenvalue weighted by Gasteiger charge is -2.21. The topological polar surface area (TPSA) is 27.0 Å². The first-order chi connectivity index (χ1) is 9.38. The Bertz CT molecular complexity index is 602. The van der Waals surface area contributed by atoms with E-state index in [1.807, 2.05) is 24.3 Å². The number of benzene rings is 2. The summed E-state index contributed by atoms with van der Waals surface area (Å²) in [7, 11) is 0. The van der Waals surface area contributed by atoms with E-state index in [0.717, 1.165) is 13.1 Å². The second kappa shape index (κ2) is 5.16. The molecule has 0 aliphatic carbocycles. The largest absolute Gasteiger partial charge is 0.371 e. The fourth-order valence-electron chi connectivity index (χ4n) is 2.68. The van der Waals surface area contributed by atoms with E-state index in [9.17, 15) is 0 Å². The Morgan fingerprint density at radius 3 is 2.26 bits per heavy atom. The van der Waals surface area contributed by atoms with Gasteiger partial charge >= 0.3 is 0 Å². The van der Waals surface area contributed by atoms with Gasteiger partial charge < -0.3 is 4.90 Å². The third kappa shape index (κ3) is 2.32. The van der Waals surface area contributed by atoms with Crippen molar-refractivity contribution < 1.29 is 0 Å². The van der Waals surface area contributed by atoms with Crippen molar-refractivity contribution in [2.24, 2.45) is 0 Å². The average Bonchev–Trinajstić information content (AvgIpc) is 3.01. The van der Waals surface area contributed by atoms with Gasteiger partial charge in [-0.2, -0.15) is 5.26 Å².